The van der Waals surface area contributed by atoms with Crippen molar-refractivity contribution in [1.29, 1.82) is 0 Å². The Morgan fingerprint density at radius 3 is 2.29 bits per heavy atom. The molecular weight excluding hydrogens is 395 g/mol. The van der Waals surface area contributed by atoms with E-state index >= 15 is 0 Å². The minimum absolute atomic E-state index is 0.359. The van der Waals surface area contributed by atoms with E-state index in [0.29, 0.717) is 41.3 Å². The van der Waals surface area contributed by atoms with Gasteiger partial charge in [0.25, 0.3) is 0 Å². The SMILES string of the molecule is CCOc1cc(CNCCN(CC)CC)c(Cl)cc1OCc1ccccc1Cl. The summed E-state index contributed by atoms with van der Waals surface area (Å²) in [7, 11) is 0. The molecule has 1 N–H and O–H groups in total. The summed E-state index contributed by atoms with van der Waals surface area (Å²) >= 11 is 12.7. The summed E-state index contributed by atoms with van der Waals surface area (Å²) in [6.07, 6.45) is 0. The summed E-state index contributed by atoms with van der Waals surface area (Å²) in [6.45, 7) is 12.0. The average Bonchev–Trinajstić information content (AvgIpc) is 2.70. The number of ether oxygens (including phenoxy) is 2. The molecule has 2 aromatic rings. The second-order valence-electron chi connectivity index (χ2n) is 6.41. The number of halogens is 2. The van der Waals surface area contributed by atoms with Gasteiger partial charge in [-0.25, -0.2) is 0 Å². The number of hydrogen-bond donors (Lipinski definition) is 1. The Morgan fingerprint density at radius 2 is 1.61 bits per heavy atom. The van der Waals surface area contributed by atoms with E-state index in [-0.39, 0.29) is 0 Å². The van der Waals surface area contributed by atoms with E-state index in [1.807, 2.05) is 43.3 Å². The first-order chi connectivity index (χ1) is 13.6. The van der Waals surface area contributed by atoms with Crippen LogP contribution in [-0.2, 0) is 13.2 Å². The van der Waals surface area contributed by atoms with Crippen LogP contribution in [0.2, 0.25) is 10.0 Å². The third-order valence-corrected chi connectivity index (χ3v) is 5.29. The summed E-state index contributed by atoms with van der Waals surface area (Å²) in [5.74, 6) is 1.32. The molecule has 0 fully saturated rings. The first kappa shape index (κ1) is 22.8. The van der Waals surface area contributed by atoms with Gasteiger partial charge in [-0.1, -0.05) is 55.2 Å². The van der Waals surface area contributed by atoms with Crippen molar-refractivity contribution in [1.82, 2.24) is 10.2 Å². The third-order valence-electron chi connectivity index (χ3n) is 4.57. The van der Waals surface area contributed by atoms with Crippen LogP contribution in [0.15, 0.2) is 36.4 Å². The van der Waals surface area contributed by atoms with E-state index < -0.39 is 0 Å². The number of nitrogens with zero attached hydrogens (tertiary/aromatic N) is 1. The minimum Gasteiger partial charge on any atom is -0.490 e. The monoisotopic (exact) mass is 424 g/mol. The minimum atomic E-state index is 0.359. The Kier molecular flexibility index (Phi) is 9.93. The van der Waals surface area contributed by atoms with Crippen molar-refractivity contribution in [2.24, 2.45) is 0 Å². The van der Waals surface area contributed by atoms with Crippen LogP contribution >= 0.6 is 23.2 Å². The molecule has 0 saturated carbocycles. The van der Waals surface area contributed by atoms with Gasteiger partial charge in [-0.15, -0.1) is 0 Å². The van der Waals surface area contributed by atoms with Crippen LogP contribution in [0.4, 0.5) is 0 Å². The van der Waals surface area contributed by atoms with Crippen molar-refractivity contribution >= 4 is 23.2 Å². The van der Waals surface area contributed by atoms with Crippen molar-refractivity contribution in [3.05, 3.63) is 57.6 Å². The summed E-state index contributed by atoms with van der Waals surface area (Å²) < 4.78 is 11.7. The number of rotatable bonds is 12. The average molecular weight is 425 g/mol. The van der Waals surface area contributed by atoms with E-state index in [1.54, 1.807) is 0 Å². The van der Waals surface area contributed by atoms with Gasteiger partial charge in [0.2, 0.25) is 0 Å². The molecule has 0 aromatic heterocycles. The molecule has 4 nitrogen and oxygen atoms in total. The molecule has 154 valence electrons. The molecule has 0 atom stereocenters. The second kappa shape index (κ2) is 12.2. The quantitative estimate of drug-likeness (QED) is 0.462. The van der Waals surface area contributed by atoms with Gasteiger partial charge in [0.15, 0.2) is 11.5 Å². The molecule has 0 amide bonds. The number of hydrogen-bond acceptors (Lipinski definition) is 4. The van der Waals surface area contributed by atoms with Crippen molar-refractivity contribution in [3.63, 3.8) is 0 Å². The van der Waals surface area contributed by atoms with Gasteiger partial charge in [-0.3, -0.25) is 0 Å². The van der Waals surface area contributed by atoms with Gasteiger partial charge in [0.05, 0.1) is 6.61 Å². The van der Waals surface area contributed by atoms with E-state index in [9.17, 15) is 0 Å². The highest BCUT2D eigenvalue weighted by molar-refractivity contribution is 6.31. The largest absolute Gasteiger partial charge is 0.490 e. The fourth-order valence-electron chi connectivity index (χ4n) is 2.86. The summed E-state index contributed by atoms with van der Waals surface area (Å²) in [4.78, 5) is 2.38. The third kappa shape index (κ3) is 6.85. The number of nitrogens with one attached hydrogen (secondary N) is 1. The lowest BCUT2D eigenvalue weighted by molar-refractivity contribution is 0.269. The van der Waals surface area contributed by atoms with Crippen LogP contribution < -0.4 is 14.8 Å². The van der Waals surface area contributed by atoms with Gasteiger partial charge < -0.3 is 19.7 Å². The second-order valence-corrected chi connectivity index (χ2v) is 7.22. The first-order valence-electron chi connectivity index (χ1n) is 9.83. The van der Waals surface area contributed by atoms with Crippen LogP contribution in [0.5, 0.6) is 11.5 Å². The Bertz CT molecular complexity index is 736. The summed E-state index contributed by atoms with van der Waals surface area (Å²) in [5, 5.41) is 4.80. The van der Waals surface area contributed by atoms with Crippen LogP contribution in [0.25, 0.3) is 0 Å². The molecule has 0 spiro atoms. The Hall–Kier alpha value is -1.46. The molecule has 0 unspecified atom stereocenters. The van der Waals surface area contributed by atoms with Gasteiger partial charge >= 0.3 is 0 Å². The van der Waals surface area contributed by atoms with Crippen LogP contribution in [-0.4, -0.2) is 37.7 Å². The van der Waals surface area contributed by atoms with E-state index in [1.165, 1.54) is 0 Å². The molecule has 0 aliphatic rings. The molecule has 6 heteroatoms. The molecular formula is C22H30Cl2N2O2. The molecule has 0 saturated heterocycles. The fraction of sp³-hybridized carbons (Fsp3) is 0.455. The summed E-state index contributed by atoms with van der Waals surface area (Å²) in [6, 6.07) is 11.4. The highest BCUT2D eigenvalue weighted by Crippen LogP contribution is 2.34. The fourth-order valence-corrected chi connectivity index (χ4v) is 3.28. The maximum absolute atomic E-state index is 6.50. The molecule has 2 aromatic carbocycles. The predicted molar refractivity (Wildman–Crippen MR) is 118 cm³/mol. The lowest BCUT2D eigenvalue weighted by Crippen LogP contribution is -2.31. The van der Waals surface area contributed by atoms with E-state index in [2.05, 4.69) is 24.1 Å². The standard InChI is InChI=1S/C22H30Cl2N2O2/c1-4-26(5-2)12-11-25-15-18-13-21(27-6-3)22(14-20(18)24)28-16-17-9-7-8-10-19(17)23/h7-10,13-14,25H,4-6,11-12,15-16H2,1-3H3. The number of benzene rings is 2. The molecule has 28 heavy (non-hydrogen) atoms. The zero-order chi connectivity index (χ0) is 20.4. The highest BCUT2D eigenvalue weighted by atomic mass is 35.5. The molecule has 0 bridgehead atoms. The Labute approximate surface area is 178 Å². The Balaban J connectivity index is 2.02. The van der Waals surface area contributed by atoms with Gasteiger partial charge in [-0.05, 0) is 37.7 Å². The normalized spacial score (nSPS) is 11.1. The Morgan fingerprint density at radius 1 is 0.893 bits per heavy atom. The van der Waals surface area contributed by atoms with Crippen molar-refractivity contribution in [2.75, 3.05) is 32.8 Å². The maximum Gasteiger partial charge on any atom is 0.163 e. The summed E-state index contributed by atoms with van der Waals surface area (Å²) in [5.41, 5.74) is 1.92. The first-order valence-corrected chi connectivity index (χ1v) is 10.6. The van der Waals surface area contributed by atoms with Gasteiger partial charge in [0, 0.05) is 41.3 Å². The zero-order valence-corrected chi connectivity index (χ0v) is 18.4. The molecule has 2 rings (SSSR count). The lowest BCUT2D eigenvalue weighted by atomic mass is 10.2. The zero-order valence-electron chi connectivity index (χ0n) is 16.9. The lowest BCUT2D eigenvalue weighted by Gasteiger charge is -2.19. The van der Waals surface area contributed by atoms with Crippen LogP contribution in [0.3, 0.4) is 0 Å². The molecule has 0 heterocycles. The van der Waals surface area contributed by atoms with Crippen LogP contribution in [0.1, 0.15) is 31.9 Å². The van der Waals surface area contributed by atoms with E-state index in [0.717, 1.165) is 37.3 Å². The van der Waals surface area contributed by atoms with Gasteiger partial charge in [0.1, 0.15) is 6.61 Å². The van der Waals surface area contributed by atoms with Crippen molar-refractivity contribution in [2.45, 2.75) is 33.9 Å². The molecule has 0 radical (unpaired) electrons. The van der Waals surface area contributed by atoms with Crippen LogP contribution in [0, 0.1) is 0 Å². The van der Waals surface area contributed by atoms with Crippen molar-refractivity contribution < 1.29 is 9.47 Å². The maximum atomic E-state index is 6.50. The highest BCUT2D eigenvalue weighted by Gasteiger charge is 2.12. The predicted octanol–water partition coefficient (Wildman–Crippen LogP) is 5.40. The molecule has 0 aliphatic heterocycles. The number of likely N-dealkylation sites (N-methyl/N-ethyl adjacent to an activating group) is 1. The van der Waals surface area contributed by atoms with E-state index in [4.69, 9.17) is 32.7 Å². The van der Waals surface area contributed by atoms with Gasteiger partial charge in [-0.2, -0.15) is 0 Å². The molecule has 0 aliphatic carbocycles. The van der Waals surface area contributed by atoms with Crippen molar-refractivity contribution in [3.8, 4) is 11.5 Å². The smallest absolute Gasteiger partial charge is 0.163 e. The topological polar surface area (TPSA) is 33.7 Å².